The Morgan fingerprint density at radius 2 is 2.08 bits per heavy atom. The van der Waals surface area contributed by atoms with E-state index in [4.69, 9.17) is 9.47 Å². The van der Waals surface area contributed by atoms with Crippen LogP contribution in [0.4, 0.5) is 5.69 Å². The number of fused-ring (bicyclic) bond motifs is 1. The van der Waals surface area contributed by atoms with Gasteiger partial charge in [-0.3, -0.25) is 9.59 Å². The molecular formula is C15H14N4O6. The predicted molar refractivity (Wildman–Crippen MR) is 84.5 cm³/mol. The largest absolute Gasteiger partial charge is 0.497 e. The van der Waals surface area contributed by atoms with Gasteiger partial charge < -0.3 is 9.47 Å². The third-order valence-corrected chi connectivity index (χ3v) is 3.91. The van der Waals surface area contributed by atoms with Crippen molar-refractivity contribution in [3.63, 3.8) is 0 Å². The number of anilines is 1. The van der Waals surface area contributed by atoms with Gasteiger partial charge in [0, 0.05) is 6.07 Å². The van der Waals surface area contributed by atoms with Crippen LogP contribution in [-0.4, -0.2) is 48.4 Å². The molecule has 0 aromatic heterocycles. The van der Waals surface area contributed by atoms with Crippen molar-refractivity contribution in [3.8, 4) is 5.75 Å². The van der Waals surface area contributed by atoms with E-state index in [0.29, 0.717) is 10.9 Å². The molecule has 130 valence electrons. The van der Waals surface area contributed by atoms with Crippen LogP contribution in [0.2, 0.25) is 0 Å². The van der Waals surface area contributed by atoms with Crippen LogP contribution in [0.3, 0.4) is 0 Å². The van der Waals surface area contributed by atoms with Crippen molar-refractivity contribution in [1.82, 2.24) is 5.12 Å². The molecule has 2 aliphatic heterocycles. The van der Waals surface area contributed by atoms with E-state index in [2.05, 4.69) is 10.4 Å². The Morgan fingerprint density at radius 3 is 2.72 bits per heavy atom. The molecule has 10 heteroatoms. The number of carbonyl (C=O) groups excluding carboxylic acids is 3. The number of nitroso groups, excluding NO2 is 1. The maximum Gasteiger partial charge on any atom is 0.355 e. The van der Waals surface area contributed by atoms with Crippen molar-refractivity contribution in [3.05, 3.63) is 29.2 Å². The first-order valence-corrected chi connectivity index (χ1v) is 7.43. The second-order valence-electron chi connectivity index (χ2n) is 5.24. The zero-order chi connectivity index (χ0) is 18.1. The maximum absolute atomic E-state index is 12.8. The number of hydrazone groups is 1. The molecule has 0 radical (unpaired) electrons. The first-order valence-electron chi connectivity index (χ1n) is 7.43. The van der Waals surface area contributed by atoms with Crippen LogP contribution >= 0.6 is 0 Å². The number of amides is 2. The molecule has 0 aliphatic carbocycles. The fourth-order valence-electron chi connectivity index (χ4n) is 2.84. The van der Waals surface area contributed by atoms with Crippen LogP contribution in [-0.2, 0) is 19.1 Å². The Hall–Kier alpha value is -3.30. The van der Waals surface area contributed by atoms with Crippen molar-refractivity contribution in [2.45, 2.75) is 13.0 Å². The van der Waals surface area contributed by atoms with Gasteiger partial charge in [-0.2, -0.15) is 0 Å². The average Bonchev–Trinajstić information content (AvgIpc) is 3.12. The molecule has 10 nitrogen and oxygen atoms in total. The highest BCUT2D eigenvalue weighted by Crippen LogP contribution is 2.36. The lowest BCUT2D eigenvalue weighted by Gasteiger charge is -2.17. The van der Waals surface area contributed by atoms with Gasteiger partial charge in [0.2, 0.25) is 5.91 Å². The Balaban J connectivity index is 2.00. The van der Waals surface area contributed by atoms with E-state index in [9.17, 15) is 19.3 Å². The zero-order valence-electron chi connectivity index (χ0n) is 13.4. The van der Waals surface area contributed by atoms with Gasteiger partial charge in [0.25, 0.3) is 5.91 Å². The van der Waals surface area contributed by atoms with Gasteiger partial charge in [0.15, 0.2) is 11.8 Å². The van der Waals surface area contributed by atoms with Gasteiger partial charge in [0.1, 0.15) is 11.7 Å². The lowest BCUT2D eigenvalue weighted by Crippen LogP contribution is -2.36. The summed E-state index contributed by atoms with van der Waals surface area (Å²) in [7, 11) is 1.45. The van der Waals surface area contributed by atoms with Crippen molar-refractivity contribution in [1.29, 1.82) is 0 Å². The van der Waals surface area contributed by atoms with E-state index >= 15 is 0 Å². The van der Waals surface area contributed by atoms with Crippen LogP contribution in [0, 0.1) is 10.8 Å². The number of ether oxygens (including phenoxy) is 2. The van der Waals surface area contributed by atoms with E-state index in [0.717, 1.165) is 4.90 Å². The van der Waals surface area contributed by atoms with E-state index in [-0.39, 0.29) is 18.0 Å². The van der Waals surface area contributed by atoms with Crippen molar-refractivity contribution in [2.24, 2.45) is 16.3 Å². The molecule has 3 rings (SSSR count). The number of hydrogen-bond donors (Lipinski definition) is 0. The van der Waals surface area contributed by atoms with E-state index < -0.39 is 29.7 Å². The minimum absolute atomic E-state index is 0.0610. The average molecular weight is 346 g/mol. The van der Waals surface area contributed by atoms with Crippen LogP contribution in [0.15, 0.2) is 34.7 Å². The Labute approximate surface area is 141 Å². The fraction of sp³-hybridized carbons (Fsp3) is 0.333. The molecule has 2 heterocycles. The standard InChI is InChI=1S/C15H14N4O6/c1-3-25-15(22)11-10-12(19(16-11)17-23)14(21)18(13(10)20)8-5-4-6-9(7-8)24-2/h4-7,10,12H,3H2,1-2H3/t10-,12-/m1/s1. The number of esters is 1. The van der Waals surface area contributed by atoms with Gasteiger partial charge in [-0.1, -0.05) is 6.07 Å². The maximum atomic E-state index is 12.8. The molecule has 0 N–H and O–H groups in total. The molecule has 0 saturated carbocycles. The summed E-state index contributed by atoms with van der Waals surface area (Å²) in [4.78, 5) is 49.4. The van der Waals surface area contributed by atoms with Gasteiger partial charge in [-0.25, -0.2) is 9.69 Å². The summed E-state index contributed by atoms with van der Waals surface area (Å²) in [5.41, 5.74) is -0.0481. The van der Waals surface area contributed by atoms with Crippen molar-refractivity contribution >= 4 is 29.2 Å². The Morgan fingerprint density at radius 1 is 1.32 bits per heavy atom. The topological polar surface area (TPSA) is 118 Å². The molecule has 2 atom stereocenters. The quantitative estimate of drug-likeness (QED) is 0.432. The molecule has 2 aliphatic rings. The molecule has 2 amide bonds. The summed E-state index contributed by atoms with van der Waals surface area (Å²) in [5.74, 6) is -3.04. The Bertz CT molecular complexity index is 792. The highest BCUT2D eigenvalue weighted by Gasteiger charge is 2.59. The van der Waals surface area contributed by atoms with Crippen LogP contribution in [0.5, 0.6) is 5.75 Å². The third kappa shape index (κ3) is 2.51. The fourth-order valence-corrected chi connectivity index (χ4v) is 2.84. The monoisotopic (exact) mass is 346 g/mol. The number of hydrogen-bond acceptors (Lipinski definition) is 8. The third-order valence-electron chi connectivity index (χ3n) is 3.91. The second kappa shape index (κ2) is 6.30. The second-order valence-corrected chi connectivity index (χ2v) is 5.24. The van der Waals surface area contributed by atoms with Crippen LogP contribution < -0.4 is 9.64 Å². The number of carbonyl (C=O) groups is 3. The lowest BCUT2D eigenvalue weighted by atomic mass is 9.98. The van der Waals surface area contributed by atoms with Crippen molar-refractivity contribution in [2.75, 3.05) is 18.6 Å². The highest BCUT2D eigenvalue weighted by molar-refractivity contribution is 6.46. The smallest absolute Gasteiger partial charge is 0.355 e. The zero-order valence-corrected chi connectivity index (χ0v) is 13.4. The summed E-state index contributed by atoms with van der Waals surface area (Å²) in [5, 5.41) is 6.85. The highest BCUT2D eigenvalue weighted by atomic mass is 16.5. The SMILES string of the molecule is CCOC(=O)C1=NN(N=O)[C@H]2C(=O)N(c3cccc(OC)c3)C(=O)[C@H]12. The van der Waals surface area contributed by atoms with Gasteiger partial charge >= 0.3 is 5.97 Å². The minimum Gasteiger partial charge on any atom is -0.497 e. The summed E-state index contributed by atoms with van der Waals surface area (Å²) >= 11 is 0. The van der Waals surface area contributed by atoms with E-state index in [1.54, 1.807) is 25.1 Å². The van der Waals surface area contributed by atoms with Gasteiger partial charge in [-0.15, -0.1) is 15.1 Å². The van der Waals surface area contributed by atoms with Gasteiger partial charge in [0.05, 0.1) is 24.7 Å². The molecule has 25 heavy (non-hydrogen) atoms. The Kier molecular flexibility index (Phi) is 4.17. The summed E-state index contributed by atoms with van der Waals surface area (Å²) in [6.45, 7) is 1.65. The van der Waals surface area contributed by atoms with E-state index in [1.807, 2.05) is 0 Å². The molecule has 0 spiro atoms. The van der Waals surface area contributed by atoms with Crippen molar-refractivity contribution < 1.29 is 23.9 Å². The predicted octanol–water partition coefficient (Wildman–Crippen LogP) is 0.469. The molecule has 0 unspecified atom stereocenters. The van der Waals surface area contributed by atoms with Crippen LogP contribution in [0.1, 0.15) is 6.92 Å². The molecule has 1 aromatic rings. The number of benzene rings is 1. The number of nitrogens with zero attached hydrogens (tertiary/aromatic N) is 4. The first-order chi connectivity index (χ1) is 12.0. The molecule has 0 bridgehead atoms. The molecule has 1 aromatic carbocycles. The summed E-state index contributed by atoms with van der Waals surface area (Å²) < 4.78 is 9.93. The first kappa shape index (κ1) is 16.6. The van der Waals surface area contributed by atoms with Crippen LogP contribution in [0.25, 0.3) is 0 Å². The normalized spacial score (nSPS) is 21.9. The summed E-state index contributed by atoms with van der Waals surface area (Å²) in [6.07, 6.45) is 0. The summed E-state index contributed by atoms with van der Waals surface area (Å²) in [6, 6.07) is 5.00. The lowest BCUT2D eigenvalue weighted by molar-refractivity contribution is -0.136. The minimum atomic E-state index is -1.30. The van der Waals surface area contributed by atoms with Gasteiger partial charge in [-0.05, 0) is 19.1 Å². The number of imide groups is 1. The number of methoxy groups -OCH3 is 1. The molecule has 1 saturated heterocycles. The van der Waals surface area contributed by atoms with E-state index in [1.165, 1.54) is 13.2 Å². The number of rotatable bonds is 5. The molecule has 1 fully saturated rings. The molecular weight excluding hydrogens is 332 g/mol.